The van der Waals surface area contributed by atoms with E-state index in [0.29, 0.717) is 0 Å². The summed E-state index contributed by atoms with van der Waals surface area (Å²) in [5.74, 6) is 2.74. The maximum absolute atomic E-state index is 2.55. The second-order valence-corrected chi connectivity index (χ2v) is 10.8. The fraction of sp³-hybridized carbons (Fsp3) is 0.688. The van der Waals surface area contributed by atoms with Crippen LogP contribution in [-0.2, 0) is 6.42 Å². The van der Waals surface area contributed by atoms with Crippen LogP contribution in [-0.4, -0.2) is 0 Å². The second-order valence-electron chi connectivity index (χ2n) is 10.8. The lowest BCUT2D eigenvalue weighted by atomic mass is 9.72. The number of unbranched alkanes of at least 4 members (excludes halogenated alkanes) is 8. The minimum absolute atomic E-state index is 0.784. The summed E-state index contributed by atoms with van der Waals surface area (Å²) in [5.41, 5.74) is 4.35. The van der Waals surface area contributed by atoms with Crippen LogP contribution in [0.25, 0.3) is 5.57 Å². The van der Waals surface area contributed by atoms with E-state index in [2.05, 4.69) is 56.3 Å². The van der Waals surface area contributed by atoms with Gasteiger partial charge in [0.25, 0.3) is 0 Å². The van der Waals surface area contributed by atoms with E-state index in [4.69, 9.17) is 0 Å². The van der Waals surface area contributed by atoms with Crippen molar-refractivity contribution >= 4 is 5.57 Å². The van der Waals surface area contributed by atoms with Crippen LogP contribution in [0.5, 0.6) is 0 Å². The molecule has 3 rings (SSSR count). The van der Waals surface area contributed by atoms with Gasteiger partial charge in [0.05, 0.1) is 0 Å². The Hall–Kier alpha value is -1.30. The highest BCUT2D eigenvalue weighted by molar-refractivity contribution is 5.75. The van der Waals surface area contributed by atoms with Gasteiger partial charge in [0.2, 0.25) is 0 Å². The molecule has 0 aromatic heterocycles. The number of benzene rings is 1. The van der Waals surface area contributed by atoms with Gasteiger partial charge >= 0.3 is 0 Å². The summed E-state index contributed by atoms with van der Waals surface area (Å²) in [4.78, 5) is 0. The van der Waals surface area contributed by atoms with Crippen LogP contribution in [0.3, 0.4) is 0 Å². The molecule has 0 radical (unpaired) electrons. The van der Waals surface area contributed by atoms with E-state index in [1.807, 2.05) is 0 Å². The number of allylic oxidation sites excluding steroid dienone is 4. The average molecular weight is 435 g/mol. The van der Waals surface area contributed by atoms with Crippen molar-refractivity contribution in [2.75, 3.05) is 0 Å². The quantitative estimate of drug-likeness (QED) is 0.255. The van der Waals surface area contributed by atoms with Crippen molar-refractivity contribution in [3.05, 3.63) is 53.6 Å². The topological polar surface area (TPSA) is 0 Å². The molecule has 178 valence electrons. The molecule has 0 aliphatic heterocycles. The summed E-state index contributed by atoms with van der Waals surface area (Å²) in [6.45, 7) is 4.61. The monoisotopic (exact) mass is 434 g/mol. The first-order valence-corrected chi connectivity index (χ1v) is 14.3. The number of hydrogen-bond donors (Lipinski definition) is 0. The van der Waals surface area contributed by atoms with Crippen LogP contribution in [0.15, 0.2) is 42.5 Å². The van der Waals surface area contributed by atoms with Crippen molar-refractivity contribution in [1.82, 2.24) is 0 Å². The third-order valence-corrected chi connectivity index (χ3v) is 8.20. The van der Waals surface area contributed by atoms with Crippen LogP contribution < -0.4 is 0 Å². The summed E-state index contributed by atoms with van der Waals surface area (Å²) in [7, 11) is 0. The Morgan fingerprint density at radius 1 is 0.719 bits per heavy atom. The minimum atomic E-state index is 0.784. The third-order valence-electron chi connectivity index (χ3n) is 8.20. The smallest absolute Gasteiger partial charge is 0.0167 e. The van der Waals surface area contributed by atoms with E-state index in [9.17, 15) is 0 Å². The third kappa shape index (κ3) is 8.57. The van der Waals surface area contributed by atoms with Crippen molar-refractivity contribution in [1.29, 1.82) is 0 Å². The molecule has 0 bridgehead atoms. The van der Waals surface area contributed by atoms with E-state index in [-0.39, 0.29) is 0 Å². The lowest BCUT2D eigenvalue weighted by Crippen LogP contribution is -2.21. The fourth-order valence-corrected chi connectivity index (χ4v) is 5.94. The van der Waals surface area contributed by atoms with Gasteiger partial charge in [-0.1, -0.05) is 133 Å². The summed E-state index contributed by atoms with van der Waals surface area (Å²) in [6, 6.07) is 9.44. The van der Waals surface area contributed by atoms with E-state index in [1.54, 1.807) is 0 Å². The molecule has 0 heterocycles. The molecule has 0 nitrogen and oxygen atoms in total. The van der Waals surface area contributed by atoms with Gasteiger partial charge in [0.1, 0.15) is 0 Å². The summed E-state index contributed by atoms with van der Waals surface area (Å²) in [6.07, 6.45) is 31.4. The van der Waals surface area contributed by atoms with Crippen LogP contribution in [0.2, 0.25) is 0 Å². The highest BCUT2D eigenvalue weighted by Gasteiger charge is 2.26. The highest BCUT2D eigenvalue weighted by atomic mass is 14.3. The van der Waals surface area contributed by atoms with Gasteiger partial charge in [0, 0.05) is 0 Å². The van der Waals surface area contributed by atoms with Gasteiger partial charge in [-0.05, 0) is 66.6 Å². The van der Waals surface area contributed by atoms with E-state index >= 15 is 0 Å². The molecule has 0 heteroatoms. The zero-order valence-electron chi connectivity index (χ0n) is 21.3. The predicted molar refractivity (Wildman–Crippen MR) is 143 cm³/mol. The number of aryl methyl sites for hydroxylation is 1. The maximum Gasteiger partial charge on any atom is -0.0167 e. The molecule has 0 N–H and O–H groups in total. The molecule has 0 amide bonds. The van der Waals surface area contributed by atoms with Crippen LogP contribution in [0.4, 0.5) is 0 Å². The summed E-state index contributed by atoms with van der Waals surface area (Å²) < 4.78 is 0. The second kappa shape index (κ2) is 14.8. The lowest BCUT2D eigenvalue weighted by molar-refractivity contribution is 0.218. The van der Waals surface area contributed by atoms with Crippen LogP contribution in [0.1, 0.15) is 128 Å². The van der Waals surface area contributed by atoms with Gasteiger partial charge in [-0.25, -0.2) is 0 Å². The predicted octanol–water partition coefficient (Wildman–Crippen LogP) is 10.3. The molecule has 2 aliphatic carbocycles. The van der Waals surface area contributed by atoms with Gasteiger partial charge in [0.15, 0.2) is 0 Å². The molecular formula is C32H50. The molecule has 1 aromatic carbocycles. The van der Waals surface area contributed by atoms with E-state index < -0.39 is 0 Å². The molecule has 0 spiro atoms. The Labute approximate surface area is 200 Å². The zero-order chi connectivity index (χ0) is 22.4. The van der Waals surface area contributed by atoms with Gasteiger partial charge in [-0.2, -0.15) is 0 Å². The fourth-order valence-electron chi connectivity index (χ4n) is 5.94. The summed E-state index contributed by atoms with van der Waals surface area (Å²) >= 11 is 0. The SMILES string of the molecule is CCCCCCCCc1ccc(C2=CCC([C@H]3CC[C@H](CCCCCC)CC3)C=C2)cc1. The molecule has 1 fully saturated rings. The molecule has 1 unspecified atom stereocenters. The number of hydrogen-bond acceptors (Lipinski definition) is 0. The first-order chi connectivity index (χ1) is 15.8. The highest BCUT2D eigenvalue weighted by Crippen LogP contribution is 2.39. The lowest BCUT2D eigenvalue weighted by Gasteiger charge is -2.33. The Balaban J connectivity index is 1.36. The largest absolute Gasteiger partial charge is 0.0802 e. The Morgan fingerprint density at radius 2 is 1.38 bits per heavy atom. The Bertz CT molecular complexity index is 668. The van der Waals surface area contributed by atoms with E-state index in [0.717, 1.165) is 17.8 Å². The van der Waals surface area contributed by atoms with Crippen molar-refractivity contribution in [2.24, 2.45) is 17.8 Å². The molecule has 32 heavy (non-hydrogen) atoms. The van der Waals surface area contributed by atoms with Crippen molar-refractivity contribution in [3.63, 3.8) is 0 Å². The van der Waals surface area contributed by atoms with Crippen LogP contribution >= 0.6 is 0 Å². The van der Waals surface area contributed by atoms with Crippen LogP contribution in [0, 0.1) is 17.8 Å². The molecule has 1 aromatic rings. The standard InChI is InChI=1S/C32H50/c1-3-5-7-9-10-12-14-28-17-21-30(22-18-28)32-25-23-31(24-26-32)29-19-15-27(16-20-29)13-11-8-6-4-2/h17-18,21-23,25-27,29,31H,3-16,19-20,24H2,1-2H3/t27-,29-,31?. The summed E-state index contributed by atoms with van der Waals surface area (Å²) in [5, 5.41) is 0. The van der Waals surface area contributed by atoms with Gasteiger partial charge in [-0.3, -0.25) is 0 Å². The molecule has 1 atom stereocenters. The molecule has 1 saturated carbocycles. The molecule has 0 saturated heterocycles. The molecular weight excluding hydrogens is 384 g/mol. The van der Waals surface area contributed by atoms with Crippen molar-refractivity contribution in [3.8, 4) is 0 Å². The first-order valence-electron chi connectivity index (χ1n) is 14.3. The van der Waals surface area contributed by atoms with E-state index in [1.165, 1.54) is 126 Å². The Morgan fingerprint density at radius 3 is 2.03 bits per heavy atom. The van der Waals surface area contributed by atoms with Gasteiger partial charge in [-0.15, -0.1) is 0 Å². The Kier molecular flexibility index (Phi) is 11.7. The molecule has 2 aliphatic rings. The van der Waals surface area contributed by atoms with Gasteiger partial charge < -0.3 is 0 Å². The minimum Gasteiger partial charge on any atom is -0.0802 e. The zero-order valence-corrected chi connectivity index (χ0v) is 21.3. The maximum atomic E-state index is 2.55. The average Bonchev–Trinajstić information content (AvgIpc) is 2.85. The first kappa shape index (κ1) is 25.3. The van der Waals surface area contributed by atoms with Crippen molar-refractivity contribution < 1.29 is 0 Å². The van der Waals surface area contributed by atoms with Crippen molar-refractivity contribution in [2.45, 2.75) is 123 Å². The normalized spacial score (nSPS) is 23.3. The number of rotatable bonds is 14.